The van der Waals surface area contributed by atoms with Gasteiger partial charge in [-0.2, -0.15) is 8.42 Å². The van der Waals surface area contributed by atoms with Crippen LogP contribution in [-0.4, -0.2) is 66.4 Å². The standard InChI is InChI=1S/C37H50O8SSi/c1-8-9-25-40-33-32(42-35-34(33)43-37(6,7)44-35)31(24-26-41-46(38,39)28-22-20-27(2)21-23-28)45-47(36(3,4)5,29-16-12-10-13-17-29)30-18-14-11-15-19-30/h10-23,31-35H,8-9,24-26H2,1-7H3/t31-,32+,33+,34+,35+/m0/s1. The normalized spacial score (nSPS) is 23.5. The predicted octanol–water partition coefficient (Wildman–Crippen LogP) is 6.10. The number of fused-ring (bicyclic) bond motifs is 1. The molecule has 0 N–H and O–H groups in total. The maximum Gasteiger partial charge on any atom is 0.296 e. The first-order chi connectivity index (χ1) is 22.3. The van der Waals surface area contributed by atoms with Gasteiger partial charge in [0.2, 0.25) is 0 Å². The molecule has 2 aliphatic rings. The van der Waals surface area contributed by atoms with Gasteiger partial charge in [0, 0.05) is 6.61 Å². The summed E-state index contributed by atoms with van der Waals surface area (Å²) in [5.41, 5.74) is 0.966. The molecule has 3 aromatic rings. The van der Waals surface area contributed by atoms with E-state index in [4.69, 9.17) is 27.6 Å². The van der Waals surface area contributed by atoms with Gasteiger partial charge >= 0.3 is 0 Å². The lowest BCUT2D eigenvalue weighted by Crippen LogP contribution is -2.69. The molecule has 3 aromatic carbocycles. The van der Waals surface area contributed by atoms with E-state index < -0.39 is 54.9 Å². The van der Waals surface area contributed by atoms with Crippen molar-refractivity contribution >= 4 is 28.8 Å². The second kappa shape index (κ2) is 14.6. The fourth-order valence-corrected chi connectivity index (χ4v) is 12.3. The smallest absolute Gasteiger partial charge is 0.296 e. The van der Waals surface area contributed by atoms with Crippen molar-refractivity contribution in [2.75, 3.05) is 13.2 Å². The van der Waals surface area contributed by atoms with Gasteiger partial charge in [0.1, 0.15) is 18.3 Å². The van der Waals surface area contributed by atoms with Gasteiger partial charge in [0.25, 0.3) is 18.4 Å². The molecule has 2 fully saturated rings. The third-order valence-corrected chi connectivity index (χ3v) is 15.3. The molecule has 5 atom stereocenters. The minimum atomic E-state index is -4.00. The van der Waals surface area contributed by atoms with Crippen molar-refractivity contribution < 1.29 is 36.0 Å². The second-order valence-corrected chi connectivity index (χ2v) is 19.8. The van der Waals surface area contributed by atoms with Crippen LogP contribution in [0.1, 0.15) is 66.4 Å². The monoisotopic (exact) mass is 682 g/mol. The highest BCUT2D eigenvalue weighted by atomic mass is 32.2. The molecular weight excluding hydrogens is 633 g/mol. The predicted molar refractivity (Wildman–Crippen MR) is 185 cm³/mol. The molecule has 0 saturated carbocycles. The van der Waals surface area contributed by atoms with E-state index in [0.29, 0.717) is 6.61 Å². The quantitative estimate of drug-likeness (QED) is 0.115. The number of unbranched alkanes of at least 4 members (excludes halogenated alkanes) is 1. The second-order valence-electron chi connectivity index (χ2n) is 14.0. The summed E-state index contributed by atoms with van der Waals surface area (Å²) in [6, 6.07) is 27.4. The van der Waals surface area contributed by atoms with Crippen LogP contribution >= 0.6 is 0 Å². The van der Waals surface area contributed by atoms with Crippen LogP contribution in [0.3, 0.4) is 0 Å². The topological polar surface area (TPSA) is 89.5 Å². The van der Waals surface area contributed by atoms with E-state index in [-0.39, 0.29) is 23.0 Å². The highest BCUT2D eigenvalue weighted by molar-refractivity contribution is 7.86. The largest absolute Gasteiger partial charge is 0.402 e. The van der Waals surface area contributed by atoms with Gasteiger partial charge in [-0.3, -0.25) is 4.18 Å². The lowest BCUT2D eigenvalue weighted by molar-refractivity contribution is -0.229. The molecule has 0 aromatic heterocycles. The molecule has 5 rings (SSSR count). The maximum atomic E-state index is 13.3. The van der Waals surface area contributed by atoms with Crippen LogP contribution in [0.5, 0.6) is 0 Å². The Balaban J connectivity index is 1.55. The van der Waals surface area contributed by atoms with Gasteiger partial charge in [0.05, 0.1) is 17.6 Å². The summed E-state index contributed by atoms with van der Waals surface area (Å²) < 4.78 is 65.5. The Morgan fingerprint density at radius 1 is 0.872 bits per heavy atom. The first kappa shape index (κ1) is 35.9. The third kappa shape index (κ3) is 7.92. The first-order valence-electron chi connectivity index (χ1n) is 16.6. The van der Waals surface area contributed by atoms with Crippen molar-refractivity contribution in [2.24, 2.45) is 0 Å². The van der Waals surface area contributed by atoms with Crippen LogP contribution in [-0.2, 0) is 37.7 Å². The van der Waals surface area contributed by atoms with Crippen molar-refractivity contribution in [1.29, 1.82) is 0 Å². The molecule has 0 aliphatic carbocycles. The fourth-order valence-electron chi connectivity index (χ4n) is 6.61. The zero-order valence-electron chi connectivity index (χ0n) is 28.7. The molecular formula is C37H50O8SSi. The zero-order chi connectivity index (χ0) is 33.9. The number of ether oxygens (including phenoxy) is 4. The van der Waals surface area contributed by atoms with Crippen molar-refractivity contribution in [1.82, 2.24) is 0 Å². The minimum Gasteiger partial charge on any atom is -0.402 e. The fraction of sp³-hybridized carbons (Fsp3) is 0.514. The summed E-state index contributed by atoms with van der Waals surface area (Å²) in [4.78, 5) is 0.115. The Hall–Kier alpha value is -2.41. The summed E-state index contributed by atoms with van der Waals surface area (Å²) in [5.74, 6) is -0.827. The van der Waals surface area contributed by atoms with Gasteiger partial charge in [-0.1, -0.05) is 112 Å². The van der Waals surface area contributed by atoms with E-state index >= 15 is 0 Å². The Labute approximate surface area is 281 Å². The van der Waals surface area contributed by atoms with E-state index in [0.717, 1.165) is 28.8 Å². The van der Waals surface area contributed by atoms with Crippen LogP contribution in [0.4, 0.5) is 0 Å². The van der Waals surface area contributed by atoms with Crippen LogP contribution in [0.15, 0.2) is 89.8 Å². The molecule has 2 saturated heterocycles. The summed E-state index contributed by atoms with van der Waals surface area (Å²) in [7, 11) is -7.10. The minimum absolute atomic E-state index is 0.108. The number of benzene rings is 3. The highest BCUT2D eigenvalue weighted by Crippen LogP contribution is 2.43. The summed E-state index contributed by atoms with van der Waals surface area (Å²) in [5, 5.41) is 1.88. The average molecular weight is 683 g/mol. The van der Waals surface area contributed by atoms with Gasteiger partial charge in [-0.25, -0.2) is 0 Å². The number of rotatable bonds is 14. The van der Waals surface area contributed by atoms with E-state index in [9.17, 15) is 8.42 Å². The summed E-state index contributed by atoms with van der Waals surface area (Å²) in [6.45, 7) is 14.8. The van der Waals surface area contributed by atoms with Gasteiger partial charge in [-0.05, 0) is 61.2 Å². The maximum absolute atomic E-state index is 13.3. The molecule has 10 heteroatoms. The average Bonchev–Trinajstić information content (AvgIpc) is 3.51. The molecule has 0 spiro atoms. The molecule has 0 amide bonds. The molecule has 8 nitrogen and oxygen atoms in total. The van der Waals surface area contributed by atoms with Crippen LogP contribution in [0, 0.1) is 6.92 Å². The molecule has 256 valence electrons. The molecule has 2 heterocycles. The van der Waals surface area contributed by atoms with Gasteiger partial charge in [0.15, 0.2) is 12.1 Å². The molecule has 0 bridgehead atoms. The van der Waals surface area contributed by atoms with E-state index in [1.54, 1.807) is 24.3 Å². The van der Waals surface area contributed by atoms with Crippen LogP contribution in [0.25, 0.3) is 0 Å². The lowest BCUT2D eigenvalue weighted by atomic mass is 10.0. The van der Waals surface area contributed by atoms with Gasteiger partial charge < -0.3 is 23.4 Å². The van der Waals surface area contributed by atoms with E-state index in [1.807, 2.05) is 57.2 Å². The third-order valence-electron chi connectivity index (χ3n) is 8.90. The van der Waals surface area contributed by atoms with Crippen molar-refractivity contribution in [2.45, 2.75) is 114 Å². The van der Waals surface area contributed by atoms with Crippen molar-refractivity contribution in [3.63, 3.8) is 0 Å². The van der Waals surface area contributed by atoms with Gasteiger partial charge in [-0.15, -0.1) is 0 Å². The molecule has 0 radical (unpaired) electrons. The van der Waals surface area contributed by atoms with Crippen LogP contribution in [0.2, 0.25) is 5.04 Å². The summed E-state index contributed by atoms with van der Waals surface area (Å²) >= 11 is 0. The molecule has 2 aliphatic heterocycles. The Morgan fingerprint density at radius 2 is 1.47 bits per heavy atom. The van der Waals surface area contributed by atoms with Crippen LogP contribution < -0.4 is 10.4 Å². The highest BCUT2D eigenvalue weighted by Gasteiger charge is 2.59. The number of hydrogen-bond acceptors (Lipinski definition) is 8. The van der Waals surface area contributed by atoms with Crippen molar-refractivity contribution in [3.8, 4) is 0 Å². The Morgan fingerprint density at radius 3 is 2.02 bits per heavy atom. The first-order valence-corrected chi connectivity index (χ1v) is 20.0. The molecule has 47 heavy (non-hydrogen) atoms. The van der Waals surface area contributed by atoms with Crippen molar-refractivity contribution in [3.05, 3.63) is 90.5 Å². The summed E-state index contributed by atoms with van der Waals surface area (Å²) in [6.07, 6.45) is -0.752. The number of hydrogen-bond donors (Lipinski definition) is 0. The Bertz CT molecular complexity index is 1500. The van der Waals surface area contributed by atoms with E-state index in [1.165, 1.54) is 0 Å². The van der Waals surface area contributed by atoms with E-state index in [2.05, 4.69) is 52.0 Å². The SMILES string of the molecule is CCCCO[C@H]1[C@H]2OC(C)(C)O[C@H]2O[C@@H]1[C@H](CCOS(=O)(=O)c1ccc(C)cc1)O[Si](c1ccccc1)(c1ccccc1)C(C)(C)C. The number of aryl methyl sites for hydroxylation is 1. The Kier molecular flexibility index (Phi) is 11.1. The molecule has 0 unspecified atom stereocenters. The zero-order valence-corrected chi connectivity index (χ0v) is 30.5. The lowest BCUT2D eigenvalue weighted by Gasteiger charge is -2.46.